The van der Waals surface area contributed by atoms with Gasteiger partial charge >= 0.3 is 0 Å². The van der Waals surface area contributed by atoms with Gasteiger partial charge in [-0.1, -0.05) is 18.2 Å². The molecule has 2 aromatic heterocycles. The van der Waals surface area contributed by atoms with Gasteiger partial charge < -0.3 is 19.5 Å². The van der Waals surface area contributed by atoms with Crippen molar-refractivity contribution in [2.75, 3.05) is 19.8 Å². The van der Waals surface area contributed by atoms with Crippen molar-refractivity contribution in [3.63, 3.8) is 0 Å². The molecule has 28 heavy (non-hydrogen) atoms. The smallest absolute Gasteiger partial charge is 0.264 e. The van der Waals surface area contributed by atoms with E-state index in [0.29, 0.717) is 29.6 Å². The number of fused-ring (bicyclic) bond motifs is 1. The lowest BCUT2D eigenvalue weighted by atomic mass is 10.2. The molecule has 1 aromatic carbocycles. The van der Waals surface area contributed by atoms with Gasteiger partial charge in [0.15, 0.2) is 11.5 Å². The predicted molar refractivity (Wildman–Crippen MR) is 100 cm³/mol. The Balaban J connectivity index is 1.22. The number of ether oxygens (including phenoxy) is 3. The highest BCUT2D eigenvalue weighted by Gasteiger charge is 2.26. The van der Waals surface area contributed by atoms with Crippen LogP contribution in [0.5, 0.6) is 17.4 Å². The average molecular weight is 378 g/mol. The minimum Gasteiger partial charge on any atom is -0.485 e. The van der Waals surface area contributed by atoms with Crippen molar-refractivity contribution in [2.24, 2.45) is 0 Å². The van der Waals surface area contributed by atoms with Crippen LogP contribution in [0.4, 0.5) is 0 Å². The lowest BCUT2D eigenvalue weighted by Gasteiger charge is -2.25. The molecule has 1 atom stereocenters. The van der Waals surface area contributed by atoms with Crippen LogP contribution in [0, 0.1) is 0 Å². The van der Waals surface area contributed by atoms with E-state index in [0.717, 1.165) is 5.69 Å². The van der Waals surface area contributed by atoms with Crippen LogP contribution in [-0.4, -0.2) is 47.0 Å². The standard InChI is InChI=1S/C20H18N4O4/c25-20(18-13-27-16-6-1-2-7-17(16)28-18)22-11-12-26-19-9-8-15(23-24-19)14-5-3-4-10-21-14/h1-10,18H,11-13H2,(H,22,25)/t18-/m0/s1. The second-order valence-electron chi connectivity index (χ2n) is 5.98. The second kappa shape index (κ2) is 8.34. The zero-order valence-corrected chi connectivity index (χ0v) is 14.9. The number of rotatable bonds is 6. The average Bonchev–Trinajstić information content (AvgIpc) is 2.77. The maximum absolute atomic E-state index is 12.2. The first-order valence-electron chi connectivity index (χ1n) is 8.84. The molecular formula is C20H18N4O4. The van der Waals surface area contributed by atoms with E-state index in [1.165, 1.54) is 0 Å². The molecule has 0 aliphatic carbocycles. The number of hydrogen-bond donors (Lipinski definition) is 1. The van der Waals surface area contributed by atoms with Gasteiger partial charge in [-0.25, -0.2) is 0 Å². The number of nitrogens with zero attached hydrogens (tertiary/aromatic N) is 3. The minimum absolute atomic E-state index is 0.171. The molecule has 3 aromatic rings. The van der Waals surface area contributed by atoms with Crippen molar-refractivity contribution in [1.82, 2.24) is 20.5 Å². The van der Waals surface area contributed by atoms with Crippen LogP contribution in [0.2, 0.25) is 0 Å². The van der Waals surface area contributed by atoms with Gasteiger partial charge in [-0.15, -0.1) is 10.2 Å². The number of amides is 1. The van der Waals surface area contributed by atoms with Crippen LogP contribution >= 0.6 is 0 Å². The van der Waals surface area contributed by atoms with E-state index >= 15 is 0 Å². The minimum atomic E-state index is -0.688. The van der Waals surface area contributed by atoms with Gasteiger partial charge in [0.1, 0.15) is 18.9 Å². The molecule has 0 unspecified atom stereocenters. The Morgan fingerprint density at radius 1 is 1.04 bits per heavy atom. The second-order valence-corrected chi connectivity index (χ2v) is 5.98. The number of benzene rings is 1. The molecule has 0 spiro atoms. The van der Waals surface area contributed by atoms with Gasteiger partial charge in [0, 0.05) is 12.3 Å². The third-order valence-electron chi connectivity index (χ3n) is 4.02. The molecule has 3 heterocycles. The van der Waals surface area contributed by atoms with E-state index in [-0.39, 0.29) is 19.1 Å². The van der Waals surface area contributed by atoms with Crippen LogP contribution in [-0.2, 0) is 4.79 Å². The van der Waals surface area contributed by atoms with Gasteiger partial charge in [-0.05, 0) is 30.3 Å². The third-order valence-corrected chi connectivity index (χ3v) is 4.02. The van der Waals surface area contributed by atoms with E-state index in [4.69, 9.17) is 14.2 Å². The van der Waals surface area contributed by atoms with Crippen LogP contribution in [0.1, 0.15) is 0 Å². The SMILES string of the molecule is O=C(NCCOc1ccc(-c2ccccn2)nn1)[C@@H]1COc2ccccc2O1. The topological polar surface area (TPSA) is 95.5 Å². The van der Waals surface area contributed by atoms with Gasteiger partial charge in [0.2, 0.25) is 12.0 Å². The highest BCUT2D eigenvalue weighted by Crippen LogP contribution is 2.30. The molecule has 8 nitrogen and oxygen atoms in total. The fourth-order valence-corrected chi connectivity index (χ4v) is 2.64. The van der Waals surface area contributed by atoms with Crippen molar-refractivity contribution < 1.29 is 19.0 Å². The number of para-hydroxylation sites is 2. The lowest BCUT2D eigenvalue weighted by Crippen LogP contribution is -2.45. The lowest BCUT2D eigenvalue weighted by molar-refractivity contribution is -0.130. The van der Waals surface area contributed by atoms with Crippen molar-refractivity contribution in [1.29, 1.82) is 0 Å². The fraction of sp³-hybridized carbons (Fsp3) is 0.200. The predicted octanol–water partition coefficient (Wildman–Crippen LogP) is 1.87. The molecule has 1 N–H and O–H groups in total. The summed E-state index contributed by atoms with van der Waals surface area (Å²) in [6.07, 6.45) is 1.01. The molecule has 0 radical (unpaired) electrons. The first kappa shape index (κ1) is 17.7. The molecule has 0 fully saturated rings. The Kier molecular flexibility index (Phi) is 5.28. The van der Waals surface area contributed by atoms with E-state index < -0.39 is 6.10 Å². The molecule has 1 amide bonds. The van der Waals surface area contributed by atoms with Crippen LogP contribution in [0.3, 0.4) is 0 Å². The van der Waals surface area contributed by atoms with E-state index in [1.807, 2.05) is 30.3 Å². The maximum Gasteiger partial charge on any atom is 0.264 e. The monoisotopic (exact) mass is 378 g/mol. The number of pyridine rings is 1. The normalized spacial score (nSPS) is 14.9. The summed E-state index contributed by atoms with van der Waals surface area (Å²) < 4.78 is 16.7. The van der Waals surface area contributed by atoms with Gasteiger partial charge in [-0.2, -0.15) is 0 Å². The zero-order chi connectivity index (χ0) is 19.2. The van der Waals surface area contributed by atoms with Crippen molar-refractivity contribution >= 4 is 5.91 Å². The highest BCUT2D eigenvalue weighted by atomic mass is 16.6. The Morgan fingerprint density at radius 3 is 2.68 bits per heavy atom. The summed E-state index contributed by atoms with van der Waals surface area (Å²) >= 11 is 0. The van der Waals surface area contributed by atoms with E-state index in [1.54, 1.807) is 30.5 Å². The first-order valence-corrected chi connectivity index (χ1v) is 8.84. The molecule has 142 valence electrons. The summed E-state index contributed by atoms with van der Waals surface area (Å²) in [5.41, 5.74) is 1.40. The fourth-order valence-electron chi connectivity index (χ4n) is 2.64. The number of aromatic nitrogens is 3. The quantitative estimate of drug-likeness (QED) is 0.654. The summed E-state index contributed by atoms with van der Waals surface area (Å²) in [5, 5.41) is 10.9. The van der Waals surface area contributed by atoms with Crippen molar-refractivity contribution in [3.8, 4) is 28.8 Å². The maximum atomic E-state index is 12.2. The third kappa shape index (κ3) is 4.17. The molecule has 0 saturated heterocycles. The number of hydrogen-bond acceptors (Lipinski definition) is 7. The Bertz CT molecular complexity index is 934. The summed E-state index contributed by atoms with van der Waals surface area (Å²) in [4.78, 5) is 16.4. The van der Waals surface area contributed by atoms with Gasteiger partial charge in [-0.3, -0.25) is 9.78 Å². The molecular weight excluding hydrogens is 360 g/mol. The van der Waals surface area contributed by atoms with Crippen LogP contribution in [0.15, 0.2) is 60.8 Å². The zero-order valence-electron chi connectivity index (χ0n) is 14.9. The summed E-state index contributed by atoms with van der Waals surface area (Å²) in [6.45, 7) is 0.738. The molecule has 0 bridgehead atoms. The van der Waals surface area contributed by atoms with E-state index in [9.17, 15) is 4.79 Å². The van der Waals surface area contributed by atoms with E-state index in [2.05, 4.69) is 20.5 Å². The van der Waals surface area contributed by atoms with Crippen LogP contribution in [0.25, 0.3) is 11.4 Å². The van der Waals surface area contributed by atoms with Crippen molar-refractivity contribution in [2.45, 2.75) is 6.10 Å². The summed E-state index contributed by atoms with van der Waals surface area (Å²) in [5.74, 6) is 1.32. The molecule has 1 aliphatic rings. The number of carbonyl (C=O) groups excluding carboxylic acids is 1. The molecule has 4 rings (SSSR count). The molecule has 0 saturated carbocycles. The van der Waals surface area contributed by atoms with Gasteiger partial charge in [0.05, 0.1) is 12.2 Å². The number of carbonyl (C=O) groups is 1. The molecule has 8 heteroatoms. The van der Waals surface area contributed by atoms with Gasteiger partial charge in [0.25, 0.3) is 5.91 Å². The van der Waals surface area contributed by atoms with Crippen LogP contribution < -0.4 is 19.5 Å². The van der Waals surface area contributed by atoms with Crippen molar-refractivity contribution in [3.05, 3.63) is 60.8 Å². The summed E-state index contributed by atoms with van der Waals surface area (Å²) in [7, 11) is 0. The summed E-state index contributed by atoms with van der Waals surface area (Å²) in [6, 6.07) is 16.3. The Hall–Kier alpha value is -3.68. The Labute approximate surface area is 161 Å². The number of nitrogens with one attached hydrogen (secondary N) is 1. The molecule has 1 aliphatic heterocycles. The Morgan fingerprint density at radius 2 is 1.89 bits per heavy atom. The first-order chi connectivity index (χ1) is 13.8. The largest absolute Gasteiger partial charge is 0.485 e. The highest BCUT2D eigenvalue weighted by molar-refractivity contribution is 5.81.